The van der Waals surface area contributed by atoms with Crippen LogP contribution in [0.25, 0.3) is 11.4 Å². The van der Waals surface area contributed by atoms with E-state index in [4.69, 9.17) is 0 Å². The zero-order valence-electron chi connectivity index (χ0n) is 15.6. The Balaban J connectivity index is 1.50. The van der Waals surface area contributed by atoms with Gasteiger partial charge < -0.3 is 5.32 Å². The number of rotatable bonds is 7. The van der Waals surface area contributed by atoms with Crippen LogP contribution in [0.5, 0.6) is 0 Å². The fourth-order valence-corrected chi connectivity index (χ4v) is 3.85. The second-order valence-corrected chi connectivity index (χ2v) is 7.68. The summed E-state index contributed by atoms with van der Waals surface area (Å²) in [4.78, 5) is 27.7. The van der Waals surface area contributed by atoms with E-state index in [0.29, 0.717) is 16.9 Å². The van der Waals surface area contributed by atoms with Gasteiger partial charge in [-0.05, 0) is 43.2 Å². The second kappa shape index (κ2) is 8.12. The van der Waals surface area contributed by atoms with Crippen molar-refractivity contribution >= 4 is 29.1 Å². The number of carbonyl (C=O) groups is 2. The average molecular weight is 411 g/mol. The second-order valence-electron chi connectivity index (χ2n) is 6.74. The van der Waals surface area contributed by atoms with Gasteiger partial charge in [0.25, 0.3) is 0 Å². The van der Waals surface area contributed by atoms with E-state index < -0.39 is 5.82 Å². The van der Waals surface area contributed by atoms with Crippen LogP contribution in [0.3, 0.4) is 0 Å². The van der Waals surface area contributed by atoms with Crippen molar-refractivity contribution in [3.63, 3.8) is 0 Å². The van der Waals surface area contributed by atoms with Crippen molar-refractivity contribution in [2.75, 3.05) is 11.1 Å². The Morgan fingerprint density at radius 3 is 2.76 bits per heavy atom. The lowest BCUT2D eigenvalue weighted by Gasteiger charge is -2.09. The Labute approximate surface area is 170 Å². The minimum absolute atomic E-state index is 0.0171. The molecule has 7 nitrogen and oxygen atoms in total. The van der Waals surface area contributed by atoms with E-state index in [1.54, 1.807) is 12.4 Å². The van der Waals surface area contributed by atoms with E-state index in [1.807, 2.05) is 16.7 Å². The van der Waals surface area contributed by atoms with Crippen molar-refractivity contribution in [2.24, 2.45) is 0 Å². The standard InChI is InChI=1S/C20H18FN5O2S/c1-12(27)23-14-4-7-16(17(21)9-14)18(28)11-29-20-25-24-19(26(20)15-5-6-15)13-3-2-8-22-10-13/h2-4,7-10,15H,5-6,11H2,1H3,(H,23,27). The first-order valence-corrected chi connectivity index (χ1v) is 10.1. The maximum atomic E-state index is 14.3. The van der Waals surface area contributed by atoms with Gasteiger partial charge in [0.2, 0.25) is 5.91 Å². The van der Waals surface area contributed by atoms with Gasteiger partial charge in [0.15, 0.2) is 16.8 Å². The molecule has 0 bridgehead atoms. The summed E-state index contributed by atoms with van der Waals surface area (Å²) in [5.74, 6) is -0.560. The number of carbonyl (C=O) groups excluding carboxylic acids is 2. The smallest absolute Gasteiger partial charge is 0.221 e. The van der Waals surface area contributed by atoms with Crippen LogP contribution < -0.4 is 5.32 Å². The molecule has 2 aromatic heterocycles. The number of hydrogen-bond acceptors (Lipinski definition) is 6. The summed E-state index contributed by atoms with van der Waals surface area (Å²) in [6, 6.07) is 8.11. The Kier molecular flexibility index (Phi) is 5.39. The molecule has 1 N–H and O–H groups in total. The van der Waals surface area contributed by atoms with Crippen LogP contribution in [-0.4, -0.2) is 37.2 Å². The molecule has 2 heterocycles. The van der Waals surface area contributed by atoms with E-state index in [0.717, 1.165) is 30.3 Å². The molecule has 1 aliphatic rings. The lowest BCUT2D eigenvalue weighted by Crippen LogP contribution is -2.09. The largest absolute Gasteiger partial charge is 0.326 e. The highest BCUT2D eigenvalue weighted by Gasteiger charge is 2.30. The van der Waals surface area contributed by atoms with Crippen LogP contribution in [0.2, 0.25) is 0 Å². The van der Waals surface area contributed by atoms with E-state index in [1.165, 1.54) is 30.8 Å². The molecule has 0 spiro atoms. The zero-order valence-corrected chi connectivity index (χ0v) is 16.4. The summed E-state index contributed by atoms with van der Waals surface area (Å²) >= 11 is 1.24. The van der Waals surface area contributed by atoms with E-state index in [9.17, 15) is 14.0 Å². The van der Waals surface area contributed by atoms with Gasteiger partial charge >= 0.3 is 0 Å². The highest BCUT2D eigenvalue weighted by atomic mass is 32.2. The molecule has 1 saturated carbocycles. The summed E-state index contributed by atoms with van der Waals surface area (Å²) in [5, 5.41) is 11.7. The topological polar surface area (TPSA) is 89.8 Å². The van der Waals surface area contributed by atoms with Gasteiger partial charge in [-0.2, -0.15) is 0 Å². The molecule has 9 heteroatoms. The van der Waals surface area contributed by atoms with Crippen LogP contribution in [0.4, 0.5) is 10.1 Å². The summed E-state index contributed by atoms with van der Waals surface area (Å²) < 4.78 is 16.3. The van der Waals surface area contributed by atoms with Gasteiger partial charge in [-0.25, -0.2) is 4.39 Å². The predicted molar refractivity (Wildman–Crippen MR) is 107 cm³/mol. The number of anilines is 1. The normalized spacial score (nSPS) is 13.3. The SMILES string of the molecule is CC(=O)Nc1ccc(C(=O)CSc2nnc(-c3cccnc3)n2C2CC2)c(F)c1. The third-order valence-corrected chi connectivity index (χ3v) is 5.36. The lowest BCUT2D eigenvalue weighted by atomic mass is 10.1. The first kappa shape index (κ1) is 19.3. The van der Waals surface area contributed by atoms with Gasteiger partial charge in [-0.3, -0.25) is 19.1 Å². The zero-order chi connectivity index (χ0) is 20.4. The van der Waals surface area contributed by atoms with Crippen molar-refractivity contribution in [1.29, 1.82) is 0 Å². The van der Waals surface area contributed by atoms with Gasteiger partial charge in [0.05, 0.1) is 11.3 Å². The maximum absolute atomic E-state index is 14.3. The highest BCUT2D eigenvalue weighted by Crippen LogP contribution is 2.41. The number of benzene rings is 1. The monoisotopic (exact) mass is 411 g/mol. The third kappa shape index (κ3) is 4.34. The maximum Gasteiger partial charge on any atom is 0.221 e. The Bertz CT molecular complexity index is 1070. The number of pyridine rings is 1. The number of aromatic nitrogens is 4. The molecule has 1 aromatic carbocycles. The first-order valence-electron chi connectivity index (χ1n) is 9.11. The fraction of sp³-hybridized carbons (Fsp3) is 0.250. The molecule has 1 fully saturated rings. The van der Waals surface area contributed by atoms with Gasteiger partial charge in [0, 0.05) is 36.6 Å². The average Bonchev–Trinajstić information content (AvgIpc) is 3.45. The molecular formula is C20H18FN5O2S. The van der Waals surface area contributed by atoms with E-state index in [-0.39, 0.29) is 23.0 Å². The highest BCUT2D eigenvalue weighted by molar-refractivity contribution is 7.99. The van der Waals surface area contributed by atoms with Crippen LogP contribution in [0.1, 0.15) is 36.2 Å². The summed E-state index contributed by atoms with van der Waals surface area (Å²) in [6.07, 6.45) is 5.49. The molecule has 0 saturated heterocycles. The van der Waals surface area contributed by atoms with Crippen LogP contribution >= 0.6 is 11.8 Å². The Hall–Kier alpha value is -3.07. The van der Waals surface area contributed by atoms with Gasteiger partial charge in [-0.1, -0.05) is 11.8 Å². The number of amides is 1. The Morgan fingerprint density at radius 1 is 1.28 bits per heavy atom. The number of Topliss-reactive ketones (excluding diaryl/α,β-unsaturated/α-hetero) is 1. The lowest BCUT2D eigenvalue weighted by molar-refractivity contribution is -0.114. The Morgan fingerprint density at radius 2 is 2.10 bits per heavy atom. The molecular weight excluding hydrogens is 393 g/mol. The molecule has 4 rings (SSSR count). The van der Waals surface area contributed by atoms with Crippen molar-refractivity contribution < 1.29 is 14.0 Å². The summed E-state index contributed by atoms with van der Waals surface area (Å²) in [7, 11) is 0. The van der Waals surface area contributed by atoms with Crippen LogP contribution in [-0.2, 0) is 4.79 Å². The fourth-order valence-electron chi connectivity index (χ4n) is 2.96. The molecule has 29 heavy (non-hydrogen) atoms. The van der Waals surface area contributed by atoms with Crippen molar-refractivity contribution in [2.45, 2.75) is 31.0 Å². The minimum Gasteiger partial charge on any atom is -0.326 e. The molecule has 148 valence electrons. The number of nitrogens with zero attached hydrogens (tertiary/aromatic N) is 4. The minimum atomic E-state index is -0.665. The number of nitrogens with one attached hydrogen (secondary N) is 1. The van der Waals surface area contributed by atoms with E-state index in [2.05, 4.69) is 20.5 Å². The number of halogens is 1. The number of hydrogen-bond donors (Lipinski definition) is 1. The van der Waals surface area contributed by atoms with Crippen molar-refractivity contribution in [3.05, 3.63) is 54.1 Å². The molecule has 0 atom stereocenters. The number of ketones is 1. The molecule has 1 aliphatic carbocycles. The number of thioether (sulfide) groups is 1. The molecule has 3 aromatic rings. The summed E-state index contributed by atoms with van der Waals surface area (Å²) in [5.41, 5.74) is 1.16. The molecule has 0 radical (unpaired) electrons. The van der Waals surface area contributed by atoms with Gasteiger partial charge in [0.1, 0.15) is 5.82 Å². The summed E-state index contributed by atoms with van der Waals surface area (Å²) in [6.45, 7) is 1.34. The first-order chi connectivity index (χ1) is 14.0. The van der Waals surface area contributed by atoms with E-state index >= 15 is 0 Å². The molecule has 1 amide bonds. The third-order valence-electron chi connectivity index (χ3n) is 4.42. The quantitative estimate of drug-likeness (QED) is 0.470. The van der Waals surface area contributed by atoms with Crippen LogP contribution in [0, 0.1) is 5.82 Å². The predicted octanol–water partition coefficient (Wildman–Crippen LogP) is 3.75. The van der Waals surface area contributed by atoms with Gasteiger partial charge in [-0.15, -0.1) is 10.2 Å². The van der Waals surface area contributed by atoms with Crippen molar-refractivity contribution in [1.82, 2.24) is 19.7 Å². The van der Waals surface area contributed by atoms with Crippen LogP contribution in [0.15, 0.2) is 47.9 Å². The molecule has 0 unspecified atom stereocenters. The van der Waals surface area contributed by atoms with Crippen molar-refractivity contribution in [3.8, 4) is 11.4 Å². The molecule has 0 aliphatic heterocycles.